The van der Waals surface area contributed by atoms with Crippen molar-refractivity contribution in [1.29, 1.82) is 0 Å². The molecule has 0 aliphatic rings. The summed E-state index contributed by atoms with van der Waals surface area (Å²) in [5.74, 6) is 1.50. The van der Waals surface area contributed by atoms with E-state index in [4.69, 9.17) is 10.3 Å². The molecule has 4 heteroatoms. The summed E-state index contributed by atoms with van der Waals surface area (Å²) in [5.41, 5.74) is 8.39. The van der Waals surface area contributed by atoms with Crippen LogP contribution in [-0.2, 0) is 6.42 Å². The number of aryl methyl sites for hydroxylation is 1. The average Bonchev–Trinajstić information content (AvgIpc) is 2.79. The second-order valence-electron chi connectivity index (χ2n) is 4.98. The van der Waals surface area contributed by atoms with Gasteiger partial charge in [0, 0.05) is 6.42 Å². The quantitative estimate of drug-likeness (QED) is 0.899. The van der Waals surface area contributed by atoms with Crippen LogP contribution in [0, 0.1) is 12.8 Å². The number of rotatable bonds is 4. The summed E-state index contributed by atoms with van der Waals surface area (Å²) in [4.78, 5) is 4.35. The fourth-order valence-corrected chi connectivity index (χ4v) is 1.65. The van der Waals surface area contributed by atoms with Crippen molar-refractivity contribution in [3.63, 3.8) is 0 Å². The lowest BCUT2D eigenvalue weighted by atomic mass is 10.1. The Morgan fingerprint density at radius 1 is 1.22 bits per heavy atom. The van der Waals surface area contributed by atoms with Crippen LogP contribution in [0.5, 0.6) is 0 Å². The highest BCUT2D eigenvalue weighted by Gasteiger charge is 2.17. The van der Waals surface area contributed by atoms with Crippen molar-refractivity contribution >= 4 is 0 Å². The van der Waals surface area contributed by atoms with Crippen molar-refractivity contribution in [2.75, 3.05) is 0 Å². The minimum absolute atomic E-state index is 0.190. The van der Waals surface area contributed by atoms with Gasteiger partial charge in [-0.3, -0.25) is 0 Å². The van der Waals surface area contributed by atoms with Crippen molar-refractivity contribution < 1.29 is 4.52 Å². The summed E-state index contributed by atoms with van der Waals surface area (Å²) in [7, 11) is 0. The summed E-state index contributed by atoms with van der Waals surface area (Å²) in [6.07, 6.45) is 0.675. The van der Waals surface area contributed by atoms with E-state index in [0.717, 1.165) is 0 Å². The summed E-state index contributed by atoms with van der Waals surface area (Å²) < 4.78 is 5.20. The molecule has 0 aliphatic carbocycles. The second kappa shape index (κ2) is 5.31. The highest BCUT2D eigenvalue weighted by molar-refractivity contribution is 5.23. The van der Waals surface area contributed by atoms with Crippen molar-refractivity contribution in [2.45, 2.75) is 33.2 Å². The fraction of sp³-hybridized carbons (Fsp3) is 0.429. The second-order valence-corrected chi connectivity index (χ2v) is 4.98. The van der Waals surface area contributed by atoms with E-state index in [1.165, 1.54) is 11.1 Å². The molecule has 0 radical (unpaired) electrons. The zero-order chi connectivity index (χ0) is 13.1. The first kappa shape index (κ1) is 12.8. The first-order chi connectivity index (χ1) is 8.56. The number of benzene rings is 1. The monoisotopic (exact) mass is 245 g/mol. The lowest BCUT2D eigenvalue weighted by Gasteiger charge is -2.09. The van der Waals surface area contributed by atoms with Crippen LogP contribution in [0.2, 0.25) is 0 Å². The smallest absolute Gasteiger partial charge is 0.243 e. The highest BCUT2D eigenvalue weighted by Crippen LogP contribution is 2.17. The number of hydrogen-bond donors (Lipinski definition) is 1. The Bertz CT molecular complexity index is 502. The number of aromatic nitrogens is 2. The van der Waals surface area contributed by atoms with Crippen LogP contribution in [0.25, 0.3) is 0 Å². The van der Waals surface area contributed by atoms with Crippen LogP contribution in [0.3, 0.4) is 0 Å². The molecule has 2 N–H and O–H groups in total. The van der Waals surface area contributed by atoms with Gasteiger partial charge >= 0.3 is 0 Å². The topological polar surface area (TPSA) is 64.9 Å². The number of nitrogens with two attached hydrogens (primary N) is 1. The van der Waals surface area contributed by atoms with E-state index in [0.29, 0.717) is 18.1 Å². The van der Waals surface area contributed by atoms with Crippen molar-refractivity contribution in [3.8, 4) is 0 Å². The Balaban J connectivity index is 2.09. The summed E-state index contributed by atoms with van der Waals surface area (Å²) >= 11 is 0. The first-order valence-corrected chi connectivity index (χ1v) is 6.20. The minimum atomic E-state index is -0.190. The van der Waals surface area contributed by atoms with Crippen LogP contribution >= 0.6 is 0 Å². The Morgan fingerprint density at radius 3 is 2.50 bits per heavy atom. The molecule has 0 aliphatic heterocycles. The molecule has 0 amide bonds. The molecule has 1 aromatic carbocycles. The summed E-state index contributed by atoms with van der Waals surface area (Å²) in [6, 6.07) is 8.12. The first-order valence-electron chi connectivity index (χ1n) is 6.20. The minimum Gasteiger partial charge on any atom is -0.338 e. The van der Waals surface area contributed by atoms with Gasteiger partial charge in [0.1, 0.15) is 0 Å². The highest BCUT2D eigenvalue weighted by atomic mass is 16.5. The SMILES string of the molecule is Cc1ccc(Cc2noc([C@H](N)C(C)C)n2)cc1. The molecule has 1 aromatic heterocycles. The van der Waals surface area contributed by atoms with Gasteiger partial charge in [-0.1, -0.05) is 48.8 Å². The Morgan fingerprint density at radius 2 is 1.89 bits per heavy atom. The van der Waals surface area contributed by atoms with Gasteiger partial charge < -0.3 is 10.3 Å². The molecule has 0 saturated carbocycles. The van der Waals surface area contributed by atoms with E-state index in [1.54, 1.807) is 0 Å². The van der Waals surface area contributed by atoms with Crippen LogP contribution < -0.4 is 5.73 Å². The standard InChI is InChI=1S/C14H19N3O/c1-9(2)13(15)14-16-12(17-18-14)8-11-6-4-10(3)5-7-11/h4-7,9,13H,8,15H2,1-3H3/t13-/m1/s1. The van der Waals surface area contributed by atoms with Gasteiger partial charge in [0.2, 0.25) is 5.89 Å². The van der Waals surface area contributed by atoms with Gasteiger partial charge in [0.05, 0.1) is 6.04 Å². The molecule has 0 saturated heterocycles. The van der Waals surface area contributed by atoms with Crippen molar-refractivity contribution in [2.24, 2.45) is 11.7 Å². The van der Waals surface area contributed by atoms with Gasteiger partial charge in [-0.05, 0) is 18.4 Å². The van der Waals surface area contributed by atoms with E-state index >= 15 is 0 Å². The molecule has 1 atom stereocenters. The molecule has 0 fully saturated rings. The molecular weight excluding hydrogens is 226 g/mol. The lowest BCUT2D eigenvalue weighted by molar-refractivity contribution is 0.322. The van der Waals surface area contributed by atoms with Crippen LogP contribution in [0.1, 0.15) is 42.7 Å². The maximum absolute atomic E-state index is 5.97. The molecule has 1 heterocycles. The third-order valence-corrected chi connectivity index (χ3v) is 2.97. The Labute approximate surface area is 107 Å². The van der Waals surface area contributed by atoms with Gasteiger partial charge in [-0.2, -0.15) is 4.98 Å². The molecule has 0 spiro atoms. The molecule has 18 heavy (non-hydrogen) atoms. The van der Waals surface area contributed by atoms with E-state index in [1.807, 2.05) is 13.8 Å². The normalized spacial score (nSPS) is 12.9. The molecule has 2 aromatic rings. The van der Waals surface area contributed by atoms with Crippen molar-refractivity contribution in [3.05, 3.63) is 47.1 Å². The van der Waals surface area contributed by atoms with E-state index in [9.17, 15) is 0 Å². The summed E-state index contributed by atoms with van der Waals surface area (Å²) in [5, 5.41) is 3.97. The largest absolute Gasteiger partial charge is 0.338 e. The van der Waals surface area contributed by atoms with E-state index in [2.05, 4.69) is 41.3 Å². The zero-order valence-electron chi connectivity index (χ0n) is 11.1. The van der Waals surface area contributed by atoms with Gasteiger partial charge in [0.15, 0.2) is 5.82 Å². The number of nitrogens with zero attached hydrogens (tertiary/aromatic N) is 2. The summed E-state index contributed by atoms with van der Waals surface area (Å²) in [6.45, 7) is 6.14. The molecule has 0 unspecified atom stereocenters. The van der Waals surface area contributed by atoms with Crippen LogP contribution in [0.15, 0.2) is 28.8 Å². The van der Waals surface area contributed by atoms with Gasteiger partial charge in [-0.25, -0.2) is 0 Å². The Hall–Kier alpha value is -1.68. The predicted molar refractivity (Wildman–Crippen MR) is 70.0 cm³/mol. The lowest BCUT2D eigenvalue weighted by Crippen LogP contribution is -2.17. The molecule has 0 bridgehead atoms. The van der Waals surface area contributed by atoms with Gasteiger partial charge in [0.25, 0.3) is 0 Å². The average molecular weight is 245 g/mol. The van der Waals surface area contributed by atoms with Crippen LogP contribution in [-0.4, -0.2) is 10.1 Å². The maximum atomic E-state index is 5.97. The predicted octanol–water partition coefficient (Wildman–Crippen LogP) is 2.62. The molecule has 2 rings (SSSR count). The van der Waals surface area contributed by atoms with E-state index < -0.39 is 0 Å². The maximum Gasteiger partial charge on any atom is 0.243 e. The molecular formula is C14H19N3O. The van der Waals surface area contributed by atoms with Crippen LogP contribution in [0.4, 0.5) is 0 Å². The third kappa shape index (κ3) is 2.96. The van der Waals surface area contributed by atoms with Crippen molar-refractivity contribution in [1.82, 2.24) is 10.1 Å². The molecule has 4 nitrogen and oxygen atoms in total. The third-order valence-electron chi connectivity index (χ3n) is 2.97. The molecule has 96 valence electrons. The number of hydrogen-bond acceptors (Lipinski definition) is 4. The van der Waals surface area contributed by atoms with E-state index in [-0.39, 0.29) is 12.0 Å². The Kier molecular flexibility index (Phi) is 3.77. The zero-order valence-corrected chi connectivity index (χ0v) is 11.1. The fourth-order valence-electron chi connectivity index (χ4n) is 1.65. The van der Waals surface area contributed by atoms with Gasteiger partial charge in [-0.15, -0.1) is 0 Å².